The zero-order valence-corrected chi connectivity index (χ0v) is 28.0. The van der Waals surface area contributed by atoms with Gasteiger partial charge in [-0.2, -0.15) is 0 Å². The predicted molar refractivity (Wildman–Crippen MR) is 181 cm³/mol. The zero-order valence-electron chi connectivity index (χ0n) is 28.0. The highest BCUT2D eigenvalue weighted by Crippen LogP contribution is 2.02. The van der Waals surface area contributed by atoms with E-state index < -0.39 is 5.97 Å². The number of hydrogen-bond donors (Lipinski definition) is 6. The molecule has 0 rings (SSSR count). The molecule has 0 spiro atoms. The minimum Gasteiger partial charge on any atom is -0.480 e. The number of nitrogens with one attached hydrogen (secondary N) is 4. The van der Waals surface area contributed by atoms with Crippen LogP contribution >= 0.6 is 0 Å². The van der Waals surface area contributed by atoms with Gasteiger partial charge in [-0.1, -0.05) is 63.8 Å². The number of aliphatic hydroxyl groups is 1. The zero-order chi connectivity index (χ0) is 32.8. The van der Waals surface area contributed by atoms with Crippen LogP contribution in [0.1, 0.15) is 129 Å². The summed E-state index contributed by atoms with van der Waals surface area (Å²) in [6, 6.07) is -0.104. The van der Waals surface area contributed by atoms with E-state index in [1.54, 1.807) is 0 Å². The van der Waals surface area contributed by atoms with Gasteiger partial charge in [0.15, 0.2) is 0 Å². The Hall–Kier alpha value is -2.59. The number of hydrogen-bond acceptors (Lipinski definition) is 5. The summed E-state index contributed by atoms with van der Waals surface area (Å²) in [6.45, 7) is 7.88. The molecule has 0 saturated carbocycles. The summed E-state index contributed by atoms with van der Waals surface area (Å²) in [4.78, 5) is 33.1. The number of unbranched alkanes of at least 4 members (excludes halogenated alkanes) is 12. The molecule has 0 aromatic rings. The molecule has 0 aliphatic rings. The first kappa shape index (κ1) is 43.5. The Bertz CT molecular complexity index is 703. The third kappa shape index (κ3) is 41.5. The van der Waals surface area contributed by atoms with E-state index in [0.29, 0.717) is 19.8 Å². The maximum absolute atomic E-state index is 11.4. The number of carboxylic acid groups (broad SMARTS) is 1. The van der Waals surface area contributed by atoms with Crippen LogP contribution in [0.25, 0.3) is 0 Å². The maximum Gasteiger partial charge on any atom is 0.329 e. The van der Waals surface area contributed by atoms with Gasteiger partial charge in [0.1, 0.15) is 6.61 Å². The third-order valence-electron chi connectivity index (χ3n) is 6.55. The van der Waals surface area contributed by atoms with Gasteiger partial charge in [-0.05, 0) is 89.9 Å². The SMILES string of the molecule is CCCCCNC(=O)NCCCC/C=C\CCCCO.CCCCCNC(=O)NCCCC/C=C\CCCCOCC(=O)O. The average Bonchev–Trinajstić information content (AvgIpc) is 3.01. The van der Waals surface area contributed by atoms with Crippen LogP contribution in [0.5, 0.6) is 0 Å². The van der Waals surface area contributed by atoms with E-state index >= 15 is 0 Å². The molecule has 44 heavy (non-hydrogen) atoms. The second kappa shape index (κ2) is 38.4. The Balaban J connectivity index is 0. The molecule has 10 heteroatoms. The first-order chi connectivity index (χ1) is 21.5. The van der Waals surface area contributed by atoms with Crippen LogP contribution in [-0.4, -0.2) is 74.2 Å². The van der Waals surface area contributed by atoms with E-state index in [1.807, 2.05) is 0 Å². The summed E-state index contributed by atoms with van der Waals surface area (Å²) in [5, 5.41) is 28.5. The second-order valence-corrected chi connectivity index (χ2v) is 10.9. The monoisotopic (exact) mass is 626 g/mol. The van der Waals surface area contributed by atoms with E-state index in [-0.39, 0.29) is 18.7 Å². The molecule has 0 radical (unpaired) electrons. The molecule has 0 unspecified atom stereocenters. The van der Waals surface area contributed by atoms with Crippen molar-refractivity contribution >= 4 is 18.0 Å². The number of carbonyl (C=O) groups excluding carboxylic acids is 2. The molecule has 0 aliphatic heterocycles. The lowest BCUT2D eigenvalue weighted by atomic mass is 10.2. The van der Waals surface area contributed by atoms with Crippen molar-refractivity contribution in [3.63, 3.8) is 0 Å². The van der Waals surface area contributed by atoms with Crippen molar-refractivity contribution in [2.45, 2.75) is 129 Å². The minimum atomic E-state index is -0.918. The van der Waals surface area contributed by atoms with E-state index in [9.17, 15) is 14.4 Å². The summed E-state index contributed by atoms with van der Waals surface area (Å²) in [5.41, 5.74) is 0. The molecule has 0 aliphatic carbocycles. The van der Waals surface area contributed by atoms with Crippen LogP contribution in [-0.2, 0) is 9.53 Å². The van der Waals surface area contributed by atoms with E-state index in [4.69, 9.17) is 14.9 Å². The van der Waals surface area contributed by atoms with Gasteiger partial charge in [0.05, 0.1) is 0 Å². The Kier molecular flexibility index (Phi) is 38.0. The number of ether oxygens (including phenoxy) is 1. The smallest absolute Gasteiger partial charge is 0.329 e. The molecule has 0 heterocycles. The number of urea groups is 2. The molecule has 258 valence electrons. The number of carbonyl (C=O) groups is 3. The first-order valence-electron chi connectivity index (χ1n) is 17.2. The number of rotatable bonds is 29. The fourth-order valence-corrected chi connectivity index (χ4v) is 3.93. The number of amides is 4. The van der Waals surface area contributed by atoms with E-state index in [1.165, 1.54) is 12.8 Å². The van der Waals surface area contributed by atoms with Crippen molar-refractivity contribution in [3.05, 3.63) is 24.3 Å². The van der Waals surface area contributed by atoms with Gasteiger partial charge < -0.3 is 36.2 Å². The molecule has 6 N–H and O–H groups in total. The highest BCUT2D eigenvalue weighted by atomic mass is 16.5. The minimum absolute atomic E-state index is 0.0411. The quantitative estimate of drug-likeness (QED) is 0.0396. The average molecular weight is 627 g/mol. The van der Waals surface area contributed by atoms with Crippen LogP contribution < -0.4 is 21.3 Å². The summed E-state index contributed by atoms with van der Waals surface area (Å²) in [7, 11) is 0. The largest absolute Gasteiger partial charge is 0.480 e. The predicted octanol–water partition coefficient (Wildman–Crippen LogP) is 6.84. The van der Waals surface area contributed by atoms with Crippen LogP contribution in [0.2, 0.25) is 0 Å². The van der Waals surface area contributed by atoms with E-state index in [2.05, 4.69) is 59.4 Å². The number of allylic oxidation sites excluding steroid dienone is 4. The van der Waals surface area contributed by atoms with Crippen molar-refractivity contribution < 1.29 is 29.3 Å². The summed E-state index contributed by atoms with van der Waals surface area (Å²) >= 11 is 0. The van der Waals surface area contributed by atoms with Gasteiger partial charge in [0.2, 0.25) is 0 Å². The van der Waals surface area contributed by atoms with Crippen molar-refractivity contribution in [3.8, 4) is 0 Å². The standard InChI is InChI=1S/C18H34N2O4.C16H32N2O2/c1-2-3-10-13-19-18(23)20-14-11-8-6-4-5-7-9-12-15-24-16-17(21)22;1-2-3-10-13-17-16(20)18-14-11-8-6-4-5-7-9-12-15-19/h4-5H,2-3,6-16H2,1H3,(H,21,22)(H2,19,20,23);4-5,19H,2-3,6-15H2,1H3,(H2,17,18,20)/b2*5-4-. The molecule has 0 aromatic heterocycles. The van der Waals surface area contributed by atoms with Gasteiger partial charge in [0.25, 0.3) is 0 Å². The van der Waals surface area contributed by atoms with Crippen LogP contribution in [0.3, 0.4) is 0 Å². The molecular weight excluding hydrogens is 560 g/mol. The van der Waals surface area contributed by atoms with Crippen molar-refractivity contribution in [1.29, 1.82) is 0 Å². The summed E-state index contributed by atoms with van der Waals surface area (Å²) in [6.07, 6.45) is 27.6. The van der Waals surface area contributed by atoms with Gasteiger partial charge in [-0.15, -0.1) is 0 Å². The van der Waals surface area contributed by atoms with Gasteiger partial charge in [0, 0.05) is 39.4 Å². The Labute approximate surface area is 268 Å². The Morgan fingerprint density at radius 2 is 0.909 bits per heavy atom. The molecular formula is C34H66N4O6. The summed E-state index contributed by atoms with van der Waals surface area (Å²) in [5.74, 6) is -0.918. The highest BCUT2D eigenvalue weighted by Gasteiger charge is 1.99. The van der Waals surface area contributed by atoms with Crippen LogP contribution in [0.4, 0.5) is 9.59 Å². The lowest BCUT2D eigenvalue weighted by Gasteiger charge is -2.06. The molecule has 0 bridgehead atoms. The molecule has 0 fully saturated rings. The third-order valence-corrected chi connectivity index (χ3v) is 6.55. The van der Waals surface area contributed by atoms with Gasteiger partial charge in [-0.3, -0.25) is 0 Å². The number of aliphatic carboxylic acids is 1. The molecule has 0 atom stereocenters. The van der Waals surface area contributed by atoms with Gasteiger partial charge >= 0.3 is 18.0 Å². The molecule has 4 amide bonds. The second-order valence-electron chi connectivity index (χ2n) is 10.9. The lowest BCUT2D eigenvalue weighted by Crippen LogP contribution is -2.36. The van der Waals surface area contributed by atoms with Crippen molar-refractivity contribution in [2.75, 3.05) is 46.0 Å². The normalized spacial score (nSPS) is 10.9. The van der Waals surface area contributed by atoms with Crippen molar-refractivity contribution in [1.82, 2.24) is 21.3 Å². The topological polar surface area (TPSA) is 149 Å². The lowest BCUT2D eigenvalue weighted by molar-refractivity contribution is -0.142. The number of carboxylic acids is 1. The fourth-order valence-electron chi connectivity index (χ4n) is 3.93. The summed E-state index contributed by atoms with van der Waals surface area (Å²) < 4.78 is 4.96. The molecule has 0 aromatic carbocycles. The van der Waals surface area contributed by atoms with Crippen molar-refractivity contribution in [2.24, 2.45) is 0 Å². The highest BCUT2D eigenvalue weighted by molar-refractivity contribution is 5.74. The Morgan fingerprint density at radius 3 is 1.27 bits per heavy atom. The fraction of sp³-hybridized carbons (Fsp3) is 0.794. The first-order valence-corrected chi connectivity index (χ1v) is 17.2. The molecule has 0 saturated heterocycles. The number of aliphatic hydroxyl groups excluding tert-OH is 1. The van der Waals surface area contributed by atoms with Gasteiger partial charge in [-0.25, -0.2) is 14.4 Å². The molecule has 10 nitrogen and oxygen atoms in total. The Morgan fingerprint density at radius 1 is 0.545 bits per heavy atom. The van der Waals surface area contributed by atoms with Crippen LogP contribution in [0.15, 0.2) is 24.3 Å². The van der Waals surface area contributed by atoms with E-state index in [0.717, 1.165) is 122 Å². The maximum atomic E-state index is 11.4. The van der Waals surface area contributed by atoms with Crippen LogP contribution in [0, 0.1) is 0 Å².